The third-order valence-corrected chi connectivity index (χ3v) is 3.08. The van der Waals surface area contributed by atoms with Gasteiger partial charge in [-0.15, -0.1) is 0 Å². The van der Waals surface area contributed by atoms with Crippen LogP contribution in [0.25, 0.3) is 0 Å². The summed E-state index contributed by atoms with van der Waals surface area (Å²) >= 11 is 1.09. The van der Waals surface area contributed by atoms with Gasteiger partial charge in [0.25, 0.3) is 0 Å². The lowest BCUT2D eigenvalue weighted by atomic mass is 10.2. The van der Waals surface area contributed by atoms with Gasteiger partial charge in [-0.25, -0.2) is 0 Å². The SMILES string of the molecule is COCCNC(=O)CC1SC(=NC(=N)N)NC1=O. The van der Waals surface area contributed by atoms with E-state index in [0.717, 1.165) is 11.8 Å². The number of nitrogens with two attached hydrogens (primary N) is 1. The van der Waals surface area contributed by atoms with Crippen LogP contribution in [0.3, 0.4) is 0 Å². The van der Waals surface area contributed by atoms with Crippen LogP contribution in [0.5, 0.6) is 0 Å². The number of ether oxygens (including phenoxy) is 1. The Kier molecular flexibility index (Phi) is 5.59. The molecular weight excluding hydrogens is 258 g/mol. The maximum atomic E-state index is 11.5. The number of nitrogens with zero attached hydrogens (tertiary/aromatic N) is 1. The summed E-state index contributed by atoms with van der Waals surface area (Å²) in [6.07, 6.45) is 0.0527. The molecule has 0 aromatic heterocycles. The van der Waals surface area contributed by atoms with Crippen LogP contribution in [-0.2, 0) is 14.3 Å². The van der Waals surface area contributed by atoms with Crippen molar-refractivity contribution in [2.45, 2.75) is 11.7 Å². The molecule has 1 atom stereocenters. The van der Waals surface area contributed by atoms with Gasteiger partial charge in [-0.3, -0.25) is 15.0 Å². The molecule has 100 valence electrons. The number of nitrogens with one attached hydrogen (secondary N) is 3. The quantitative estimate of drug-likeness (QED) is 0.279. The highest BCUT2D eigenvalue weighted by atomic mass is 32.2. The molecule has 0 bridgehead atoms. The second-order valence-electron chi connectivity index (χ2n) is 3.44. The fourth-order valence-corrected chi connectivity index (χ4v) is 2.22. The highest BCUT2D eigenvalue weighted by molar-refractivity contribution is 8.15. The molecule has 2 amide bonds. The van der Waals surface area contributed by atoms with Gasteiger partial charge in [0.15, 0.2) is 5.17 Å². The van der Waals surface area contributed by atoms with E-state index < -0.39 is 5.25 Å². The molecule has 9 heteroatoms. The average Bonchev–Trinajstić information content (AvgIpc) is 2.58. The molecule has 0 aliphatic carbocycles. The van der Waals surface area contributed by atoms with Crippen LogP contribution >= 0.6 is 11.8 Å². The summed E-state index contributed by atoms with van der Waals surface area (Å²) in [5.74, 6) is -0.923. The van der Waals surface area contributed by atoms with Gasteiger partial charge in [-0.05, 0) is 0 Å². The number of hydrogen-bond donors (Lipinski definition) is 4. The number of guanidine groups is 1. The lowest BCUT2D eigenvalue weighted by Crippen LogP contribution is -2.32. The van der Waals surface area contributed by atoms with Crippen LogP contribution in [0.15, 0.2) is 4.99 Å². The monoisotopic (exact) mass is 273 g/mol. The summed E-state index contributed by atoms with van der Waals surface area (Å²) in [4.78, 5) is 26.6. The van der Waals surface area contributed by atoms with Crippen molar-refractivity contribution in [2.75, 3.05) is 20.3 Å². The molecule has 0 saturated carbocycles. The molecule has 0 aromatic carbocycles. The van der Waals surface area contributed by atoms with E-state index in [1.807, 2.05) is 0 Å². The summed E-state index contributed by atoms with van der Waals surface area (Å²) < 4.78 is 4.79. The van der Waals surface area contributed by atoms with Crippen LogP contribution in [0.1, 0.15) is 6.42 Å². The Morgan fingerprint density at radius 1 is 1.72 bits per heavy atom. The van der Waals surface area contributed by atoms with Crippen molar-refractivity contribution in [3.8, 4) is 0 Å². The number of methoxy groups -OCH3 is 1. The topological polar surface area (TPSA) is 130 Å². The van der Waals surface area contributed by atoms with E-state index in [1.54, 1.807) is 0 Å². The first-order chi connectivity index (χ1) is 8.52. The van der Waals surface area contributed by atoms with Crippen molar-refractivity contribution in [1.29, 1.82) is 5.41 Å². The molecule has 0 spiro atoms. The molecule has 0 aromatic rings. The largest absolute Gasteiger partial charge is 0.383 e. The Morgan fingerprint density at radius 2 is 2.44 bits per heavy atom. The van der Waals surface area contributed by atoms with E-state index >= 15 is 0 Å². The van der Waals surface area contributed by atoms with Crippen molar-refractivity contribution in [1.82, 2.24) is 10.6 Å². The molecule has 1 saturated heterocycles. The molecule has 1 aliphatic heterocycles. The lowest BCUT2D eigenvalue weighted by Gasteiger charge is -2.06. The molecule has 5 N–H and O–H groups in total. The van der Waals surface area contributed by atoms with Gasteiger partial charge in [-0.1, -0.05) is 11.8 Å². The minimum absolute atomic E-state index is 0.0527. The number of rotatable bonds is 5. The maximum absolute atomic E-state index is 11.5. The molecule has 18 heavy (non-hydrogen) atoms. The third-order valence-electron chi connectivity index (χ3n) is 2.00. The van der Waals surface area contributed by atoms with E-state index in [-0.39, 0.29) is 29.4 Å². The molecule has 1 rings (SSSR count). The number of thioether (sulfide) groups is 1. The van der Waals surface area contributed by atoms with Crippen molar-refractivity contribution in [3.63, 3.8) is 0 Å². The lowest BCUT2D eigenvalue weighted by molar-refractivity contribution is -0.125. The molecule has 1 heterocycles. The van der Waals surface area contributed by atoms with E-state index in [1.165, 1.54) is 7.11 Å². The van der Waals surface area contributed by atoms with Gasteiger partial charge in [-0.2, -0.15) is 4.99 Å². The van der Waals surface area contributed by atoms with Gasteiger partial charge in [0.1, 0.15) is 5.25 Å². The molecular formula is C9H15N5O3S. The maximum Gasteiger partial charge on any atom is 0.240 e. The van der Waals surface area contributed by atoms with E-state index in [0.29, 0.717) is 13.2 Å². The zero-order chi connectivity index (χ0) is 13.5. The predicted octanol–water partition coefficient (Wildman–Crippen LogP) is -1.38. The normalized spacial score (nSPS) is 20.8. The molecule has 1 unspecified atom stereocenters. The van der Waals surface area contributed by atoms with Gasteiger partial charge >= 0.3 is 0 Å². The van der Waals surface area contributed by atoms with Gasteiger partial charge < -0.3 is 21.1 Å². The van der Waals surface area contributed by atoms with Crippen molar-refractivity contribution >= 4 is 34.7 Å². The van der Waals surface area contributed by atoms with Crippen molar-refractivity contribution < 1.29 is 14.3 Å². The first-order valence-electron chi connectivity index (χ1n) is 5.18. The third kappa shape index (κ3) is 4.72. The minimum Gasteiger partial charge on any atom is -0.383 e. The summed E-state index contributed by atoms with van der Waals surface area (Å²) in [6, 6.07) is 0. The number of hydrogen-bond acceptors (Lipinski definition) is 5. The Balaban J connectivity index is 2.41. The second-order valence-corrected chi connectivity index (χ2v) is 4.64. The van der Waals surface area contributed by atoms with Crippen LogP contribution in [0.2, 0.25) is 0 Å². The Labute approximate surface area is 108 Å². The van der Waals surface area contributed by atoms with Crippen molar-refractivity contribution in [2.24, 2.45) is 10.7 Å². The fraction of sp³-hybridized carbons (Fsp3) is 0.556. The smallest absolute Gasteiger partial charge is 0.240 e. The first-order valence-corrected chi connectivity index (χ1v) is 6.06. The Hall–Kier alpha value is -1.61. The second kappa shape index (κ2) is 6.97. The van der Waals surface area contributed by atoms with Crippen LogP contribution in [-0.4, -0.2) is 48.5 Å². The number of amides is 2. The van der Waals surface area contributed by atoms with Crippen LogP contribution in [0, 0.1) is 5.41 Å². The summed E-state index contributed by atoms with van der Waals surface area (Å²) in [6.45, 7) is 0.829. The number of carbonyl (C=O) groups is 2. The first kappa shape index (κ1) is 14.5. The Morgan fingerprint density at radius 3 is 3.06 bits per heavy atom. The average molecular weight is 273 g/mol. The highest BCUT2D eigenvalue weighted by Crippen LogP contribution is 2.22. The standard InChI is InChI=1S/C9H15N5O3S/c1-17-3-2-12-6(15)4-5-7(16)13-9(18-5)14-8(10)11/h5H,2-4H2,1H3,(H,12,15)(H4,10,11,13,14,16). The van der Waals surface area contributed by atoms with E-state index in [9.17, 15) is 9.59 Å². The fourth-order valence-electron chi connectivity index (χ4n) is 1.23. The predicted molar refractivity (Wildman–Crippen MR) is 68.4 cm³/mol. The Bertz CT molecular complexity index is 384. The highest BCUT2D eigenvalue weighted by Gasteiger charge is 2.32. The van der Waals surface area contributed by atoms with E-state index in [2.05, 4.69) is 15.6 Å². The van der Waals surface area contributed by atoms with E-state index in [4.69, 9.17) is 15.9 Å². The van der Waals surface area contributed by atoms with Crippen LogP contribution < -0.4 is 16.4 Å². The van der Waals surface area contributed by atoms with Crippen LogP contribution in [0.4, 0.5) is 0 Å². The summed E-state index contributed by atoms with van der Waals surface area (Å²) in [5.41, 5.74) is 5.08. The molecule has 0 radical (unpaired) electrons. The van der Waals surface area contributed by atoms with Gasteiger partial charge in [0.05, 0.1) is 6.61 Å². The zero-order valence-electron chi connectivity index (χ0n) is 9.86. The number of aliphatic imine (C=N–C) groups is 1. The summed E-state index contributed by atoms with van der Waals surface area (Å²) in [5, 5.41) is 11.8. The molecule has 1 aliphatic rings. The van der Waals surface area contributed by atoms with Gasteiger partial charge in [0, 0.05) is 20.1 Å². The molecule has 8 nitrogen and oxygen atoms in total. The van der Waals surface area contributed by atoms with Gasteiger partial charge in [0.2, 0.25) is 17.8 Å². The van der Waals surface area contributed by atoms with Crippen molar-refractivity contribution in [3.05, 3.63) is 0 Å². The number of carbonyl (C=O) groups excluding carboxylic acids is 2. The number of amidine groups is 1. The zero-order valence-corrected chi connectivity index (χ0v) is 10.7. The molecule has 1 fully saturated rings. The summed E-state index contributed by atoms with van der Waals surface area (Å²) in [7, 11) is 1.54. The minimum atomic E-state index is -0.536.